The fourth-order valence-corrected chi connectivity index (χ4v) is 2.69. The van der Waals surface area contributed by atoms with Gasteiger partial charge in [-0.1, -0.05) is 42.8 Å². The van der Waals surface area contributed by atoms with Gasteiger partial charge in [0.2, 0.25) is 0 Å². The zero-order valence-electron chi connectivity index (χ0n) is 9.81. The maximum Gasteiger partial charge on any atom is 0.129 e. The van der Waals surface area contributed by atoms with Crippen LogP contribution >= 0.6 is 15.9 Å². The lowest BCUT2D eigenvalue weighted by molar-refractivity contribution is 0.372. The highest BCUT2D eigenvalue weighted by Gasteiger charge is 2.22. The maximum atomic E-state index is 13.5. The molecule has 1 aromatic carbocycles. The Bertz CT molecular complexity index is 320. The van der Waals surface area contributed by atoms with E-state index in [0.29, 0.717) is 12.3 Å². The monoisotopic (exact) mass is 290 g/mol. The molecule has 0 bridgehead atoms. The van der Waals surface area contributed by atoms with Gasteiger partial charge in [0.25, 0.3) is 0 Å². The molecule has 0 amide bonds. The molecular formula is C13H17BrF2. The standard InChI is InChI=1S/C13H17BrF2/c1-8(2)10(9(3)14)7-11-12(15)5-4-6-13(11)16/h4-6,8-10H,7H2,1-3H3. The second-order valence-electron chi connectivity index (χ2n) is 4.49. The Morgan fingerprint density at radius 1 is 1.12 bits per heavy atom. The van der Waals surface area contributed by atoms with Crippen molar-refractivity contribution in [1.82, 2.24) is 0 Å². The molecule has 2 unspecified atom stereocenters. The lowest BCUT2D eigenvalue weighted by Crippen LogP contribution is -2.21. The van der Waals surface area contributed by atoms with Gasteiger partial charge in [-0.15, -0.1) is 0 Å². The van der Waals surface area contributed by atoms with Crippen LogP contribution in [0, 0.1) is 23.5 Å². The Balaban J connectivity index is 2.94. The highest BCUT2D eigenvalue weighted by molar-refractivity contribution is 9.09. The third-order valence-electron chi connectivity index (χ3n) is 2.95. The summed E-state index contributed by atoms with van der Waals surface area (Å²) in [6.07, 6.45) is 0.433. The van der Waals surface area contributed by atoms with Gasteiger partial charge >= 0.3 is 0 Å². The minimum absolute atomic E-state index is 0.201. The molecule has 90 valence electrons. The van der Waals surface area contributed by atoms with Crippen molar-refractivity contribution in [2.75, 3.05) is 0 Å². The molecule has 0 aliphatic heterocycles. The van der Waals surface area contributed by atoms with Crippen LogP contribution in [-0.2, 0) is 6.42 Å². The third-order valence-corrected chi connectivity index (χ3v) is 3.63. The summed E-state index contributed by atoms with van der Waals surface area (Å²) < 4.78 is 27.0. The van der Waals surface area contributed by atoms with Gasteiger partial charge in [0.05, 0.1) is 0 Å². The molecule has 2 atom stereocenters. The van der Waals surface area contributed by atoms with Crippen LogP contribution in [0.2, 0.25) is 0 Å². The number of benzene rings is 1. The Kier molecular flexibility index (Phi) is 4.90. The fraction of sp³-hybridized carbons (Fsp3) is 0.538. The first-order valence-electron chi connectivity index (χ1n) is 5.50. The van der Waals surface area contributed by atoms with Gasteiger partial charge in [-0.2, -0.15) is 0 Å². The molecule has 16 heavy (non-hydrogen) atoms. The molecule has 0 saturated carbocycles. The molecule has 1 rings (SSSR count). The molecule has 0 N–H and O–H groups in total. The normalized spacial score (nSPS) is 15.2. The third kappa shape index (κ3) is 3.27. The summed E-state index contributed by atoms with van der Waals surface area (Å²) in [6, 6.07) is 4.03. The SMILES string of the molecule is CC(C)C(Cc1c(F)cccc1F)C(C)Br. The summed E-state index contributed by atoms with van der Waals surface area (Å²) in [7, 11) is 0. The molecule has 0 spiro atoms. The van der Waals surface area contributed by atoms with E-state index in [0.717, 1.165) is 0 Å². The number of alkyl halides is 1. The Morgan fingerprint density at radius 2 is 1.62 bits per heavy atom. The van der Waals surface area contributed by atoms with Gasteiger partial charge in [0.15, 0.2) is 0 Å². The lowest BCUT2D eigenvalue weighted by atomic mass is 9.87. The van der Waals surface area contributed by atoms with E-state index in [1.807, 2.05) is 6.92 Å². The first-order valence-corrected chi connectivity index (χ1v) is 6.42. The van der Waals surface area contributed by atoms with Crippen LogP contribution in [0.25, 0.3) is 0 Å². The number of rotatable bonds is 4. The smallest absolute Gasteiger partial charge is 0.129 e. The summed E-state index contributed by atoms with van der Waals surface area (Å²) in [6.45, 7) is 6.16. The second kappa shape index (κ2) is 5.76. The molecule has 3 heteroatoms. The van der Waals surface area contributed by atoms with Crippen molar-refractivity contribution in [1.29, 1.82) is 0 Å². The van der Waals surface area contributed by atoms with Crippen molar-refractivity contribution in [3.63, 3.8) is 0 Å². The van der Waals surface area contributed by atoms with E-state index in [-0.39, 0.29) is 16.3 Å². The van der Waals surface area contributed by atoms with Crippen LogP contribution in [0.1, 0.15) is 26.3 Å². The molecule has 0 aliphatic carbocycles. The minimum Gasteiger partial charge on any atom is -0.207 e. The Hall–Kier alpha value is -0.440. The van der Waals surface area contributed by atoms with Crippen molar-refractivity contribution < 1.29 is 8.78 Å². The van der Waals surface area contributed by atoms with E-state index in [4.69, 9.17) is 0 Å². The summed E-state index contributed by atoms with van der Waals surface area (Å²) >= 11 is 3.50. The van der Waals surface area contributed by atoms with Gasteiger partial charge in [-0.05, 0) is 30.4 Å². The summed E-state index contributed by atoms with van der Waals surface area (Å²) in [5.74, 6) is -0.280. The summed E-state index contributed by atoms with van der Waals surface area (Å²) in [5.41, 5.74) is 0.201. The van der Waals surface area contributed by atoms with Crippen LogP contribution in [0.4, 0.5) is 8.78 Å². The van der Waals surface area contributed by atoms with Crippen LogP contribution in [0.15, 0.2) is 18.2 Å². The Morgan fingerprint density at radius 3 is 2.00 bits per heavy atom. The molecule has 0 nitrogen and oxygen atoms in total. The lowest BCUT2D eigenvalue weighted by Gasteiger charge is -2.24. The van der Waals surface area contributed by atoms with E-state index >= 15 is 0 Å². The quantitative estimate of drug-likeness (QED) is 0.713. The van der Waals surface area contributed by atoms with E-state index in [1.54, 1.807) is 0 Å². The molecule has 0 saturated heterocycles. The zero-order chi connectivity index (χ0) is 12.3. The maximum absolute atomic E-state index is 13.5. The van der Waals surface area contributed by atoms with E-state index in [2.05, 4.69) is 29.8 Å². The first-order chi connectivity index (χ1) is 7.43. The van der Waals surface area contributed by atoms with Crippen LogP contribution in [0.5, 0.6) is 0 Å². The molecular weight excluding hydrogens is 274 g/mol. The molecule has 0 aliphatic rings. The fourth-order valence-electron chi connectivity index (χ4n) is 1.89. The highest BCUT2D eigenvalue weighted by Crippen LogP contribution is 2.27. The van der Waals surface area contributed by atoms with Gasteiger partial charge in [0.1, 0.15) is 11.6 Å². The molecule has 0 heterocycles. The van der Waals surface area contributed by atoms with Crippen molar-refractivity contribution >= 4 is 15.9 Å². The van der Waals surface area contributed by atoms with Crippen molar-refractivity contribution in [2.24, 2.45) is 11.8 Å². The summed E-state index contributed by atoms with van der Waals surface area (Å²) in [5, 5.41) is 0. The average Bonchev–Trinajstić information content (AvgIpc) is 2.15. The van der Waals surface area contributed by atoms with E-state index in [1.165, 1.54) is 18.2 Å². The van der Waals surface area contributed by atoms with Gasteiger partial charge in [-0.3, -0.25) is 0 Å². The second-order valence-corrected chi connectivity index (χ2v) is 5.93. The topological polar surface area (TPSA) is 0 Å². The largest absolute Gasteiger partial charge is 0.207 e. The van der Waals surface area contributed by atoms with E-state index < -0.39 is 11.6 Å². The summed E-state index contributed by atoms with van der Waals surface area (Å²) in [4.78, 5) is 0.242. The first kappa shape index (κ1) is 13.6. The minimum atomic E-state index is -0.446. The van der Waals surface area contributed by atoms with E-state index in [9.17, 15) is 8.78 Å². The van der Waals surface area contributed by atoms with Gasteiger partial charge in [0, 0.05) is 10.4 Å². The Labute approximate surface area is 104 Å². The van der Waals surface area contributed by atoms with Gasteiger partial charge < -0.3 is 0 Å². The highest BCUT2D eigenvalue weighted by atomic mass is 79.9. The average molecular weight is 291 g/mol. The van der Waals surface area contributed by atoms with Crippen molar-refractivity contribution in [3.8, 4) is 0 Å². The van der Waals surface area contributed by atoms with Gasteiger partial charge in [-0.25, -0.2) is 8.78 Å². The molecule has 0 aromatic heterocycles. The zero-order valence-corrected chi connectivity index (χ0v) is 11.4. The number of hydrogen-bond acceptors (Lipinski definition) is 0. The van der Waals surface area contributed by atoms with Crippen molar-refractivity contribution in [2.45, 2.75) is 32.0 Å². The van der Waals surface area contributed by atoms with Crippen molar-refractivity contribution in [3.05, 3.63) is 35.4 Å². The van der Waals surface area contributed by atoms with Crippen LogP contribution < -0.4 is 0 Å². The van der Waals surface area contributed by atoms with Crippen LogP contribution in [0.3, 0.4) is 0 Å². The molecule has 0 radical (unpaired) electrons. The molecule has 0 fully saturated rings. The molecule has 1 aromatic rings. The van der Waals surface area contributed by atoms with Crippen LogP contribution in [-0.4, -0.2) is 4.83 Å². The number of hydrogen-bond donors (Lipinski definition) is 0. The predicted octanol–water partition coefficient (Wildman–Crippen LogP) is 4.56. The number of halogens is 3. The predicted molar refractivity (Wildman–Crippen MR) is 66.8 cm³/mol.